The number of furan rings is 1. The first-order valence-corrected chi connectivity index (χ1v) is 10.3. The van der Waals surface area contributed by atoms with Crippen LogP contribution < -0.4 is 4.74 Å². The van der Waals surface area contributed by atoms with Gasteiger partial charge in [0.05, 0.1) is 17.5 Å². The molecule has 5 nitrogen and oxygen atoms in total. The molecule has 0 atom stereocenters. The quantitative estimate of drug-likeness (QED) is 0.497. The Morgan fingerprint density at radius 2 is 2.07 bits per heavy atom. The van der Waals surface area contributed by atoms with Crippen molar-refractivity contribution in [1.82, 2.24) is 4.90 Å². The summed E-state index contributed by atoms with van der Waals surface area (Å²) in [5.41, 5.74) is 2.70. The van der Waals surface area contributed by atoms with Crippen LogP contribution in [0, 0.1) is 5.92 Å². The summed E-state index contributed by atoms with van der Waals surface area (Å²) in [5, 5.41) is 10.6. The number of aliphatic carboxylic acids is 1. The van der Waals surface area contributed by atoms with E-state index in [-0.39, 0.29) is 5.92 Å². The van der Waals surface area contributed by atoms with Crippen molar-refractivity contribution in [2.45, 2.75) is 26.3 Å². The summed E-state index contributed by atoms with van der Waals surface area (Å²) >= 11 is 6.53. The topological polar surface area (TPSA) is 62.9 Å². The molecule has 1 saturated heterocycles. The molecule has 3 aromatic rings. The fourth-order valence-corrected chi connectivity index (χ4v) is 3.84. The van der Waals surface area contributed by atoms with E-state index in [4.69, 9.17) is 25.9 Å². The Morgan fingerprint density at radius 3 is 2.79 bits per heavy atom. The highest BCUT2D eigenvalue weighted by molar-refractivity contribution is 6.33. The summed E-state index contributed by atoms with van der Waals surface area (Å²) in [5.74, 6) is 0.584. The van der Waals surface area contributed by atoms with Crippen molar-refractivity contribution in [3.05, 3.63) is 53.1 Å². The minimum atomic E-state index is -0.724. The van der Waals surface area contributed by atoms with E-state index in [0.717, 1.165) is 46.4 Å². The Balaban J connectivity index is 1.47. The van der Waals surface area contributed by atoms with E-state index in [1.54, 1.807) is 0 Å². The van der Waals surface area contributed by atoms with Crippen molar-refractivity contribution in [2.75, 3.05) is 19.7 Å². The number of benzene rings is 2. The van der Waals surface area contributed by atoms with Gasteiger partial charge in [0.1, 0.15) is 17.1 Å². The Bertz CT molecular complexity index is 1020. The number of likely N-dealkylation sites (tertiary alicyclic amines) is 1. The van der Waals surface area contributed by atoms with Crippen LogP contribution in [-0.2, 0) is 11.3 Å². The number of fused-ring (bicyclic) bond motifs is 1. The van der Waals surface area contributed by atoms with Gasteiger partial charge in [-0.2, -0.15) is 0 Å². The molecule has 0 bridgehead atoms. The monoisotopic (exact) mass is 413 g/mol. The first-order valence-electron chi connectivity index (χ1n) is 9.94. The van der Waals surface area contributed by atoms with E-state index in [1.807, 2.05) is 42.5 Å². The van der Waals surface area contributed by atoms with Crippen LogP contribution in [0.4, 0.5) is 0 Å². The molecule has 152 valence electrons. The number of carbonyl (C=O) groups is 1. The molecule has 1 N–H and O–H groups in total. The van der Waals surface area contributed by atoms with Crippen molar-refractivity contribution in [3.63, 3.8) is 0 Å². The molecule has 6 heteroatoms. The van der Waals surface area contributed by atoms with Crippen LogP contribution in [0.3, 0.4) is 0 Å². The van der Waals surface area contributed by atoms with Crippen LogP contribution >= 0.6 is 11.6 Å². The smallest absolute Gasteiger partial charge is 0.309 e. The van der Waals surface area contributed by atoms with Crippen LogP contribution in [0.1, 0.15) is 25.3 Å². The second kappa shape index (κ2) is 8.47. The fraction of sp³-hybridized carbons (Fsp3) is 0.348. The van der Waals surface area contributed by atoms with E-state index in [9.17, 15) is 4.79 Å². The summed E-state index contributed by atoms with van der Waals surface area (Å²) in [6, 6.07) is 13.7. The predicted molar refractivity (Wildman–Crippen MR) is 113 cm³/mol. The minimum Gasteiger partial charge on any atom is -0.494 e. The van der Waals surface area contributed by atoms with Crippen molar-refractivity contribution < 1.29 is 19.1 Å². The number of halogens is 1. The van der Waals surface area contributed by atoms with Gasteiger partial charge in [-0.15, -0.1) is 0 Å². The lowest BCUT2D eigenvalue weighted by Gasteiger charge is -2.36. The summed E-state index contributed by atoms with van der Waals surface area (Å²) in [6.45, 7) is 4.72. The lowest BCUT2D eigenvalue weighted by atomic mass is 9.99. The zero-order chi connectivity index (χ0) is 20.4. The summed E-state index contributed by atoms with van der Waals surface area (Å²) in [7, 11) is 0. The molecule has 0 radical (unpaired) electrons. The van der Waals surface area contributed by atoms with Crippen molar-refractivity contribution in [1.29, 1.82) is 0 Å². The second-order valence-electron chi connectivity index (χ2n) is 7.56. The first-order chi connectivity index (χ1) is 14.0. The second-order valence-corrected chi connectivity index (χ2v) is 7.96. The molecule has 0 amide bonds. The Morgan fingerprint density at radius 1 is 1.24 bits per heavy atom. The van der Waals surface area contributed by atoms with E-state index in [0.29, 0.717) is 31.3 Å². The first kappa shape index (κ1) is 19.8. The molecular weight excluding hydrogens is 390 g/mol. The van der Waals surface area contributed by atoms with Gasteiger partial charge in [-0.3, -0.25) is 9.69 Å². The number of nitrogens with zero attached hydrogens (tertiary/aromatic N) is 1. The van der Waals surface area contributed by atoms with Gasteiger partial charge in [0.25, 0.3) is 0 Å². The molecule has 0 spiro atoms. The maximum absolute atomic E-state index is 10.9. The summed E-state index contributed by atoms with van der Waals surface area (Å²) in [4.78, 5) is 13.0. The number of rotatable bonds is 8. The number of carboxylic acid groups (broad SMARTS) is 1. The molecule has 4 rings (SSSR count). The highest BCUT2D eigenvalue weighted by Crippen LogP contribution is 2.35. The minimum absolute atomic E-state index is 0.254. The van der Waals surface area contributed by atoms with Gasteiger partial charge in [0.2, 0.25) is 0 Å². The van der Waals surface area contributed by atoms with E-state index < -0.39 is 5.97 Å². The SMILES string of the molecule is CCCCOc1ccc2oc(-c3ccc(CN4CC(C(=O)O)C4)cc3Cl)cc2c1. The van der Waals surface area contributed by atoms with Crippen molar-refractivity contribution in [2.24, 2.45) is 5.92 Å². The number of hydrogen-bond donors (Lipinski definition) is 1. The standard InChI is InChI=1S/C23H24ClNO4/c1-2-3-8-28-18-5-7-21-16(10-18)11-22(29-21)19-6-4-15(9-20(19)24)12-25-13-17(14-25)23(26)27/h4-7,9-11,17H,2-3,8,12-14H2,1H3,(H,26,27). The highest BCUT2D eigenvalue weighted by Gasteiger charge is 2.32. The van der Waals surface area contributed by atoms with Gasteiger partial charge in [-0.25, -0.2) is 0 Å². The fourth-order valence-electron chi connectivity index (χ4n) is 3.55. The molecular formula is C23H24ClNO4. The zero-order valence-corrected chi connectivity index (χ0v) is 17.1. The molecule has 2 heterocycles. The Kier molecular flexibility index (Phi) is 5.79. The van der Waals surface area contributed by atoms with Crippen LogP contribution in [-0.4, -0.2) is 35.7 Å². The molecule has 0 unspecified atom stereocenters. The largest absolute Gasteiger partial charge is 0.494 e. The average molecular weight is 414 g/mol. The Hall–Kier alpha value is -2.50. The van der Waals surface area contributed by atoms with E-state index in [2.05, 4.69) is 11.8 Å². The number of hydrogen-bond acceptors (Lipinski definition) is 4. The lowest BCUT2D eigenvalue weighted by Crippen LogP contribution is -2.49. The number of carboxylic acids is 1. The van der Waals surface area contributed by atoms with Crippen LogP contribution in [0.5, 0.6) is 5.75 Å². The van der Waals surface area contributed by atoms with Crippen LogP contribution in [0.2, 0.25) is 5.02 Å². The normalized spacial score (nSPS) is 14.8. The molecule has 1 aliphatic heterocycles. The van der Waals surface area contributed by atoms with Crippen molar-refractivity contribution in [3.8, 4) is 17.1 Å². The van der Waals surface area contributed by atoms with Gasteiger partial charge >= 0.3 is 5.97 Å². The third-order valence-corrected chi connectivity index (χ3v) is 5.58. The van der Waals surface area contributed by atoms with Gasteiger partial charge in [0.15, 0.2) is 0 Å². The van der Waals surface area contributed by atoms with Crippen molar-refractivity contribution >= 4 is 28.5 Å². The third-order valence-electron chi connectivity index (χ3n) is 5.27. The van der Waals surface area contributed by atoms with Gasteiger partial charge in [-0.1, -0.05) is 31.0 Å². The summed E-state index contributed by atoms with van der Waals surface area (Å²) < 4.78 is 11.8. The maximum atomic E-state index is 10.9. The van der Waals surface area contributed by atoms with Gasteiger partial charge < -0.3 is 14.3 Å². The van der Waals surface area contributed by atoms with E-state index in [1.165, 1.54) is 0 Å². The zero-order valence-electron chi connectivity index (χ0n) is 16.4. The molecule has 1 fully saturated rings. The number of unbranched alkanes of at least 4 members (excludes halogenated alkanes) is 1. The maximum Gasteiger partial charge on any atom is 0.309 e. The van der Waals surface area contributed by atoms with E-state index >= 15 is 0 Å². The average Bonchev–Trinajstić information content (AvgIpc) is 3.07. The molecule has 0 aliphatic carbocycles. The molecule has 2 aromatic carbocycles. The number of ether oxygens (including phenoxy) is 1. The summed E-state index contributed by atoms with van der Waals surface area (Å²) in [6.07, 6.45) is 2.13. The Labute approximate surface area is 174 Å². The van der Waals surface area contributed by atoms with Gasteiger partial charge in [-0.05, 0) is 48.4 Å². The molecule has 1 aliphatic rings. The lowest BCUT2D eigenvalue weighted by molar-refractivity contribution is -0.147. The van der Waals surface area contributed by atoms with Crippen LogP contribution in [0.15, 0.2) is 46.9 Å². The van der Waals surface area contributed by atoms with Crippen LogP contribution in [0.25, 0.3) is 22.3 Å². The molecule has 0 saturated carbocycles. The third kappa shape index (κ3) is 4.41. The van der Waals surface area contributed by atoms with Gasteiger partial charge in [0, 0.05) is 30.6 Å². The highest BCUT2D eigenvalue weighted by atomic mass is 35.5. The predicted octanol–water partition coefficient (Wildman–Crippen LogP) is 5.45. The molecule has 29 heavy (non-hydrogen) atoms. The molecule has 1 aromatic heterocycles.